The van der Waals surface area contributed by atoms with Crippen molar-refractivity contribution in [1.82, 2.24) is 10.2 Å². The lowest BCUT2D eigenvalue weighted by Gasteiger charge is -2.32. The molecule has 2 aromatic carbocycles. The van der Waals surface area contributed by atoms with Crippen LogP contribution in [-0.4, -0.2) is 62.7 Å². The number of nitrogens with one attached hydrogen (secondary N) is 1. The Balaban J connectivity index is 1.61. The first kappa shape index (κ1) is 26.8. The van der Waals surface area contributed by atoms with E-state index in [1.54, 1.807) is 25.1 Å². The van der Waals surface area contributed by atoms with Gasteiger partial charge < -0.3 is 19.7 Å². The van der Waals surface area contributed by atoms with Crippen LogP contribution in [0.1, 0.15) is 45.1 Å². The molecule has 1 unspecified atom stereocenters. The van der Waals surface area contributed by atoms with Gasteiger partial charge in [0.2, 0.25) is 21.8 Å². The number of amides is 2. The number of ether oxygens (including phenoxy) is 2. The maximum atomic E-state index is 13.7. The van der Waals surface area contributed by atoms with Crippen molar-refractivity contribution >= 4 is 27.5 Å². The lowest BCUT2D eigenvalue weighted by atomic mass is 10.1. The van der Waals surface area contributed by atoms with Crippen LogP contribution >= 0.6 is 0 Å². The van der Waals surface area contributed by atoms with Crippen molar-refractivity contribution in [3.63, 3.8) is 0 Å². The number of fused-ring (bicyclic) bond motifs is 1. The molecule has 0 saturated heterocycles. The SMILES string of the molecule is CCS(=O)(=O)N(CC(=O)N(Cc1ccccc1)C(C)C(=O)NC1CCCC1)c1ccc2c(c1)OCCO2. The number of carbonyl (C=O) groups is 2. The lowest BCUT2D eigenvalue weighted by molar-refractivity contribution is -0.139. The molecule has 0 spiro atoms. The Hall–Kier alpha value is -3.27. The highest BCUT2D eigenvalue weighted by Gasteiger charge is 2.32. The molecule has 1 heterocycles. The zero-order valence-corrected chi connectivity index (χ0v) is 22.2. The number of rotatable bonds is 10. The molecule has 0 bridgehead atoms. The Morgan fingerprint density at radius 2 is 1.70 bits per heavy atom. The highest BCUT2D eigenvalue weighted by molar-refractivity contribution is 7.92. The molecule has 1 saturated carbocycles. The normalized spacial score (nSPS) is 16.2. The predicted octanol–water partition coefficient (Wildman–Crippen LogP) is 3.09. The van der Waals surface area contributed by atoms with Crippen LogP contribution < -0.4 is 19.1 Å². The average molecular weight is 530 g/mol. The molecular weight excluding hydrogens is 494 g/mol. The van der Waals surface area contributed by atoms with Gasteiger partial charge in [-0.2, -0.15) is 0 Å². The summed E-state index contributed by atoms with van der Waals surface area (Å²) >= 11 is 0. The van der Waals surface area contributed by atoms with Crippen LogP contribution in [0.5, 0.6) is 11.5 Å². The third-order valence-corrected chi connectivity index (χ3v) is 8.60. The minimum Gasteiger partial charge on any atom is -0.486 e. The summed E-state index contributed by atoms with van der Waals surface area (Å²) in [5, 5.41) is 3.07. The minimum absolute atomic E-state index is 0.110. The van der Waals surface area contributed by atoms with Crippen LogP contribution in [0, 0.1) is 0 Å². The maximum absolute atomic E-state index is 13.7. The Labute approximate surface area is 218 Å². The predicted molar refractivity (Wildman–Crippen MR) is 141 cm³/mol. The van der Waals surface area contributed by atoms with Crippen molar-refractivity contribution < 1.29 is 27.5 Å². The maximum Gasteiger partial charge on any atom is 0.244 e. The smallest absolute Gasteiger partial charge is 0.244 e. The van der Waals surface area contributed by atoms with Gasteiger partial charge in [-0.15, -0.1) is 0 Å². The zero-order valence-electron chi connectivity index (χ0n) is 21.4. The van der Waals surface area contributed by atoms with Gasteiger partial charge >= 0.3 is 0 Å². The van der Waals surface area contributed by atoms with Crippen molar-refractivity contribution in [3.05, 3.63) is 54.1 Å². The number of nitrogens with zero attached hydrogens (tertiary/aromatic N) is 2. The Morgan fingerprint density at radius 3 is 2.38 bits per heavy atom. The number of benzene rings is 2. The quantitative estimate of drug-likeness (QED) is 0.507. The second kappa shape index (κ2) is 11.9. The largest absolute Gasteiger partial charge is 0.486 e. The van der Waals surface area contributed by atoms with Crippen LogP contribution in [0.4, 0.5) is 5.69 Å². The third kappa shape index (κ3) is 6.54. The van der Waals surface area contributed by atoms with Gasteiger partial charge in [-0.25, -0.2) is 8.42 Å². The van der Waals surface area contributed by atoms with E-state index >= 15 is 0 Å². The number of carbonyl (C=O) groups excluding carboxylic acids is 2. The minimum atomic E-state index is -3.82. The Morgan fingerprint density at radius 1 is 1.03 bits per heavy atom. The average Bonchev–Trinajstić information content (AvgIpc) is 3.43. The fourth-order valence-corrected chi connectivity index (χ4v) is 5.72. The van der Waals surface area contributed by atoms with Crippen molar-refractivity contribution in [3.8, 4) is 11.5 Å². The van der Waals surface area contributed by atoms with Gasteiger partial charge in [0.1, 0.15) is 25.8 Å². The van der Waals surface area contributed by atoms with E-state index in [0.29, 0.717) is 30.4 Å². The Bertz CT molecular complexity index is 1200. The molecule has 1 aliphatic carbocycles. The van der Waals surface area contributed by atoms with Gasteiger partial charge in [0.25, 0.3) is 0 Å². The molecule has 9 nitrogen and oxygen atoms in total. The molecule has 1 aliphatic heterocycles. The fraction of sp³-hybridized carbons (Fsp3) is 0.481. The molecule has 10 heteroatoms. The van der Waals surface area contributed by atoms with Crippen LogP contribution in [0.2, 0.25) is 0 Å². The van der Waals surface area contributed by atoms with Crippen LogP contribution in [0.3, 0.4) is 0 Å². The van der Waals surface area contributed by atoms with Gasteiger partial charge in [0.05, 0.1) is 11.4 Å². The van der Waals surface area contributed by atoms with Crippen molar-refractivity contribution in [2.24, 2.45) is 0 Å². The first-order valence-electron chi connectivity index (χ1n) is 12.8. The number of hydrogen-bond acceptors (Lipinski definition) is 6. The van der Waals surface area contributed by atoms with E-state index in [1.165, 1.54) is 11.8 Å². The topological polar surface area (TPSA) is 105 Å². The summed E-state index contributed by atoms with van der Waals surface area (Å²) in [5.74, 6) is 0.0618. The molecular formula is C27H35N3O6S. The van der Waals surface area contributed by atoms with Crippen molar-refractivity contribution in [2.45, 2.75) is 58.2 Å². The van der Waals surface area contributed by atoms with Gasteiger partial charge in [0, 0.05) is 18.7 Å². The summed E-state index contributed by atoms with van der Waals surface area (Å²) < 4.78 is 38.5. The summed E-state index contributed by atoms with van der Waals surface area (Å²) in [5.41, 5.74) is 1.16. The molecule has 37 heavy (non-hydrogen) atoms. The van der Waals surface area contributed by atoms with Crippen LogP contribution in [0.25, 0.3) is 0 Å². The Kier molecular flexibility index (Phi) is 8.58. The summed E-state index contributed by atoms with van der Waals surface area (Å²) in [6.07, 6.45) is 4.01. The summed E-state index contributed by atoms with van der Waals surface area (Å²) in [4.78, 5) is 28.3. The second-order valence-corrected chi connectivity index (χ2v) is 11.6. The van der Waals surface area contributed by atoms with E-state index in [4.69, 9.17) is 9.47 Å². The lowest BCUT2D eigenvalue weighted by Crippen LogP contribution is -2.52. The van der Waals surface area contributed by atoms with Crippen molar-refractivity contribution in [1.29, 1.82) is 0 Å². The number of hydrogen-bond donors (Lipinski definition) is 1. The van der Waals surface area contributed by atoms with Crippen LogP contribution in [0.15, 0.2) is 48.5 Å². The van der Waals surface area contributed by atoms with E-state index in [-0.39, 0.29) is 24.2 Å². The van der Waals surface area contributed by atoms with Gasteiger partial charge in [-0.05, 0) is 44.4 Å². The molecule has 2 amide bonds. The van der Waals surface area contributed by atoms with E-state index in [9.17, 15) is 18.0 Å². The van der Waals surface area contributed by atoms with Crippen molar-refractivity contribution in [2.75, 3.05) is 29.8 Å². The number of sulfonamides is 1. The van der Waals surface area contributed by atoms with E-state index < -0.39 is 28.5 Å². The molecule has 200 valence electrons. The standard InChI is InChI=1S/C27H35N3O6S/c1-3-37(33,34)30(23-13-14-24-25(17-23)36-16-15-35-24)19-26(31)29(18-21-9-5-4-6-10-21)20(2)27(32)28-22-11-7-8-12-22/h4-6,9-10,13-14,17,20,22H,3,7-8,11-12,15-16,18-19H2,1-2H3,(H,28,32). The highest BCUT2D eigenvalue weighted by Crippen LogP contribution is 2.35. The van der Waals surface area contributed by atoms with Gasteiger partial charge in [-0.1, -0.05) is 43.2 Å². The summed E-state index contributed by atoms with van der Waals surface area (Å²) in [6, 6.07) is 13.5. The zero-order chi connectivity index (χ0) is 26.4. The fourth-order valence-electron chi connectivity index (χ4n) is 4.66. The molecule has 2 aliphatic rings. The van der Waals surface area contributed by atoms with Gasteiger partial charge in [0.15, 0.2) is 11.5 Å². The summed E-state index contributed by atoms with van der Waals surface area (Å²) in [7, 11) is -3.82. The monoisotopic (exact) mass is 529 g/mol. The van der Waals surface area contributed by atoms with E-state index in [1.807, 2.05) is 30.3 Å². The molecule has 1 fully saturated rings. The first-order valence-corrected chi connectivity index (χ1v) is 14.4. The van der Waals surface area contributed by atoms with E-state index in [0.717, 1.165) is 35.6 Å². The summed E-state index contributed by atoms with van der Waals surface area (Å²) in [6.45, 7) is 3.73. The highest BCUT2D eigenvalue weighted by atomic mass is 32.2. The molecule has 0 aromatic heterocycles. The number of anilines is 1. The third-order valence-electron chi connectivity index (χ3n) is 6.86. The van der Waals surface area contributed by atoms with E-state index in [2.05, 4.69) is 5.32 Å². The van der Waals surface area contributed by atoms with Gasteiger partial charge in [-0.3, -0.25) is 13.9 Å². The molecule has 1 N–H and O–H groups in total. The molecule has 0 radical (unpaired) electrons. The first-order chi connectivity index (χ1) is 17.8. The second-order valence-electron chi connectivity index (χ2n) is 9.41. The molecule has 2 aromatic rings. The van der Waals surface area contributed by atoms with Crippen LogP contribution in [-0.2, 0) is 26.2 Å². The molecule has 4 rings (SSSR count). The molecule has 1 atom stereocenters.